The lowest BCUT2D eigenvalue weighted by atomic mass is 10.5. The quantitative estimate of drug-likeness (QED) is 0.650. The van der Waals surface area contributed by atoms with E-state index in [-0.39, 0.29) is 20.9 Å². The minimum Gasteiger partial charge on any atom is -0.505 e. The molecule has 1 heterocycles. The number of aromatic nitrogens is 1. The molecule has 0 bridgehead atoms. The van der Waals surface area contributed by atoms with Crippen LogP contribution < -0.4 is 0 Å². The van der Waals surface area contributed by atoms with Crippen LogP contribution in [0.1, 0.15) is 0 Å². The Morgan fingerprint density at radius 2 is 1.80 bits per heavy atom. The van der Waals surface area contributed by atoms with Crippen molar-refractivity contribution in [3.63, 3.8) is 0 Å². The normalized spacial score (nSPS) is 9.90. The van der Waals surface area contributed by atoms with Crippen molar-refractivity contribution in [2.45, 2.75) is 0 Å². The van der Waals surface area contributed by atoms with E-state index in [9.17, 15) is 0 Å². The highest BCUT2D eigenvalue weighted by atomic mass is 35.5. The first-order valence-electron chi connectivity index (χ1n) is 2.31. The molecule has 1 aromatic rings. The Morgan fingerprint density at radius 1 is 1.20 bits per heavy atom. The number of pyridine rings is 1. The van der Waals surface area contributed by atoms with E-state index >= 15 is 0 Å². The molecular weight excluding hydrogens is 196 g/mol. The van der Waals surface area contributed by atoms with Gasteiger partial charge in [-0.3, -0.25) is 0 Å². The molecule has 0 unspecified atom stereocenters. The van der Waals surface area contributed by atoms with E-state index in [0.29, 0.717) is 0 Å². The molecule has 0 aliphatic rings. The second-order valence-electron chi connectivity index (χ2n) is 1.56. The van der Waals surface area contributed by atoms with E-state index in [2.05, 4.69) is 4.98 Å². The molecule has 0 aromatic carbocycles. The number of aromatic hydroxyl groups is 1. The lowest BCUT2D eigenvalue weighted by molar-refractivity contribution is 0.473. The average molecular weight is 198 g/mol. The van der Waals surface area contributed by atoms with Crippen LogP contribution in [0.15, 0.2) is 6.20 Å². The minimum absolute atomic E-state index is 0.0293. The van der Waals surface area contributed by atoms with Gasteiger partial charge < -0.3 is 5.11 Å². The third kappa shape index (κ3) is 1.29. The highest BCUT2D eigenvalue weighted by molar-refractivity contribution is 6.48. The largest absolute Gasteiger partial charge is 0.505 e. The van der Waals surface area contributed by atoms with E-state index in [4.69, 9.17) is 39.9 Å². The molecule has 1 rings (SSSR count). The van der Waals surface area contributed by atoms with Crippen LogP contribution in [0.5, 0.6) is 5.75 Å². The van der Waals surface area contributed by atoms with Gasteiger partial charge in [-0.2, -0.15) is 0 Å². The lowest BCUT2D eigenvalue weighted by Crippen LogP contribution is -1.77. The van der Waals surface area contributed by atoms with Crippen molar-refractivity contribution in [1.82, 2.24) is 4.98 Å². The molecule has 5 heteroatoms. The second-order valence-corrected chi connectivity index (χ2v) is 2.68. The van der Waals surface area contributed by atoms with Gasteiger partial charge in [0, 0.05) is 0 Å². The van der Waals surface area contributed by atoms with Crippen LogP contribution in [0.3, 0.4) is 0 Å². The summed E-state index contributed by atoms with van der Waals surface area (Å²) in [6, 6.07) is 0. The zero-order valence-corrected chi connectivity index (χ0v) is 6.87. The summed E-state index contributed by atoms with van der Waals surface area (Å²) in [7, 11) is 0. The standard InChI is InChI=1S/C5H2Cl3NO/c6-3-2(10)1-9-5(8)4(3)7/h1,10H. The van der Waals surface area contributed by atoms with E-state index in [1.54, 1.807) is 0 Å². The van der Waals surface area contributed by atoms with Crippen molar-refractivity contribution in [3.8, 4) is 5.75 Å². The van der Waals surface area contributed by atoms with Gasteiger partial charge in [0.15, 0.2) is 5.75 Å². The Balaban J connectivity index is 3.34. The van der Waals surface area contributed by atoms with Gasteiger partial charge in [0.1, 0.15) is 15.2 Å². The summed E-state index contributed by atoms with van der Waals surface area (Å²) in [4.78, 5) is 3.54. The van der Waals surface area contributed by atoms with Gasteiger partial charge in [-0.05, 0) is 0 Å². The average Bonchev–Trinajstić information content (AvgIpc) is 1.93. The topological polar surface area (TPSA) is 33.1 Å². The molecule has 54 valence electrons. The fraction of sp³-hybridized carbons (Fsp3) is 0. The van der Waals surface area contributed by atoms with Gasteiger partial charge in [-0.25, -0.2) is 4.98 Å². The first kappa shape index (κ1) is 7.92. The first-order chi connectivity index (χ1) is 4.63. The lowest BCUT2D eigenvalue weighted by Gasteiger charge is -1.98. The summed E-state index contributed by atoms with van der Waals surface area (Å²) in [5.74, 6) is -0.170. The Bertz CT molecular complexity index is 236. The van der Waals surface area contributed by atoms with Gasteiger partial charge >= 0.3 is 0 Å². The summed E-state index contributed by atoms with van der Waals surface area (Å²) >= 11 is 16.4. The molecule has 1 aromatic heterocycles. The van der Waals surface area contributed by atoms with E-state index < -0.39 is 0 Å². The zero-order valence-electron chi connectivity index (χ0n) is 4.61. The van der Waals surface area contributed by atoms with E-state index in [0.717, 1.165) is 6.20 Å². The van der Waals surface area contributed by atoms with Crippen molar-refractivity contribution in [2.24, 2.45) is 0 Å². The van der Waals surface area contributed by atoms with Crippen LogP contribution in [0.2, 0.25) is 15.2 Å². The van der Waals surface area contributed by atoms with Crippen LogP contribution in [0.4, 0.5) is 0 Å². The highest BCUT2D eigenvalue weighted by Crippen LogP contribution is 2.34. The Hall–Kier alpha value is -0.180. The Kier molecular flexibility index (Phi) is 2.24. The maximum absolute atomic E-state index is 8.89. The molecule has 0 fully saturated rings. The Morgan fingerprint density at radius 3 is 2.30 bits per heavy atom. The maximum atomic E-state index is 8.89. The number of halogens is 3. The van der Waals surface area contributed by atoms with Crippen molar-refractivity contribution in [3.05, 3.63) is 21.4 Å². The van der Waals surface area contributed by atoms with Gasteiger partial charge in [0.05, 0.1) is 6.20 Å². The Labute approximate surface area is 72.4 Å². The number of nitrogens with zero attached hydrogens (tertiary/aromatic N) is 1. The van der Waals surface area contributed by atoms with Crippen LogP contribution >= 0.6 is 34.8 Å². The fourth-order valence-electron chi connectivity index (χ4n) is 0.434. The van der Waals surface area contributed by atoms with E-state index in [1.165, 1.54) is 0 Å². The third-order valence-corrected chi connectivity index (χ3v) is 2.13. The molecule has 0 atom stereocenters. The summed E-state index contributed by atoms with van der Waals surface area (Å²) in [6.07, 6.45) is 1.14. The van der Waals surface area contributed by atoms with E-state index in [1.807, 2.05) is 0 Å². The van der Waals surface area contributed by atoms with Crippen LogP contribution in [0.25, 0.3) is 0 Å². The molecule has 0 saturated heterocycles. The molecule has 0 saturated carbocycles. The number of rotatable bonds is 0. The second kappa shape index (κ2) is 2.82. The van der Waals surface area contributed by atoms with Crippen molar-refractivity contribution < 1.29 is 5.11 Å². The molecule has 0 aliphatic carbocycles. The minimum atomic E-state index is -0.170. The van der Waals surface area contributed by atoms with Crippen molar-refractivity contribution in [1.29, 1.82) is 0 Å². The fourth-order valence-corrected chi connectivity index (χ4v) is 0.910. The van der Waals surface area contributed by atoms with Gasteiger partial charge in [-0.15, -0.1) is 0 Å². The maximum Gasteiger partial charge on any atom is 0.154 e. The molecule has 0 radical (unpaired) electrons. The zero-order chi connectivity index (χ0) is 7.72. The summed E-state index contributed by atoms with van der Waals surface area (Å²) in [5, 5.41) is 9.08. The monoisotopic (exact) mass is 197 g/mol. The third-order valence-electron chi connectivity index (χ3n) is 0.899. The smallest absolute Gasteiger partial charge is 0.154 e. The van der Waals surface area contributed by atoms with Crippen LogP contribution in [0, 0.1) is 0 Å². The predicted octanol–water partition coefficient (Wildman–Crippen LogP) is 2.75. The molecule has 0 amide bonds. The number of hydrogen-bond acceptors (Lipinski definition) is 2. The summed E-state index contributed by atoms with van der Waals surface area (Å²) in [5.41, 5.74) is 0. The van der Waals surface area contributed by atoms with Gasteiger partial charge in [-0.1, -0.05) is 34.8 Å². The summed E-state index contributed by atoms with van der Waals surface area (Å²) < 4.78 is 0. The predicted molar refractivity (Wildman–Crippen MR) is 40.9 cm³/mol. The molecular formula is C5H2Cl3NO. The highest BCUT2D eigenvalue weighted by Gasteiger charge is 2.07. The van der Waals surface area contributed by atoms with Crippen molar-refractivity contribution >= 4 is 34.8 Å². The van der Waals surface area contributed by atoms with Gasteiger partial charge in [0.2, 0.25) is 0 Å². The molecule has 10 heavy (non-hydrogen) atoms. The number of hydrogen-bond donors (Lipinski definition) is 1. The SMILES string of the molecule is Oc1cnc(Cl)c(Cl)c1Cl. The van der Waals surface area contributed by atoms with Crippen LogP contribution in [-0.2, 0) is 0 Å². The molecule has 2 nitrogen and oxygen atoms in total. The van der Waals surface area contributed by atoms with Crippen molar-refractivity contribution in [2.75, 3.05) is 0 Å². The van der Waals surface area contributed by atoms with Gasteiger partial charge in [0.25, 0.3) is 0 Å². The molecule has 0 spiro atoms. The molecule has 0 aliphatic heterocycles. The van der Waals surface area contributed by atoms with Crippen LogP contribution in [-0.4, -0.2) is 10.1 Å². The first-order valence-corrected chi connectivity index (χ1v) is 3.44. The molecule has 1 N–H and O–H groups in total. The summed E-state index contributed by atoms with van der Waals surface area (Å²) in [6.45, 7) is 0.